The zero-order valence-electron chi connectivity index (χ0n) is 14.2. The number of hydrogen-bond donors (Lipinski definition) is 2. The average Bonchev–Trinajstić information content (AvgIpc) is 2.61. The molecule has 3 rings (SSSR count). The molecule has 0 saturated heterocycles. The third-order valence-electron chi connectivity index (χ3n) is 3.99. The molecule has 138 valence electrons. The molecule has 0 saturated carbocycles. The van der Waals surface area contributed by atoms with Crippen LogP contribution < -0.4 is 16.0 Å². The van der Waals surface area contributed by atoms with E-state index in [9.17, 15) is 14.4 Å². The molecular formula is C19H16ClN3O4. The lowest BCUT2D eigenvalue weighted by molar-refractivity contribution is -0.137. The van der Waals surface area contributed by atoms with Crippen LogP contribution in [0.5, 0.6) is 0 Å². The molecule has 0 aromatic heterocycles. The summed E-state index contributed by atoms with van der Waals surface area (Å²) in [6.07, 6.45) is 0.162. The number of halogens is 1. The quantitative estimate of drug-likeness (QED) is 0.793. The van der Waals surface area contributed by atoms with E-state index in [1.165, 1.54) is 6.07 Å². The Bertz CT molecular complexity index is 1040. The monoisotopic (exact) mass is 385 g/mol. The fourth-order valence-electron chi connectivity index (χ4n) is 2.73. The molecule has 2 aromatic carbocycles. The number of hydrogen-bond acceptors (Lipinski definition) is 4. The predicted molar refractivity (Wildman–Crippen MR) is 98.1 cm³/mol. The molecular weight excluding hydrogens is 370 g/mol. The molecule has 8 heteroatoms. The van der Waals surface area contributed by atoms with Crippen molar-refractivity contribution in [1.29, 1.82) is 0 Å². The van der Waals surface area contributed by atoms with E-state index < -0.39 is 17.9 Å². The Hall–Kier alpha value is -3.06. The maximum Gasteiger partial charge on any atom is 0.303 e. The summed E-state index contributed by atoms with van der Waals surface area (Å²) in [4.78, 5) is 43.7. The van der Waals surface area contributed by atoms with E-state index in [1.807, 2.05) is 0 Å². The van der Waals surface area contributed by atoms with Crippen molar-refractivity contribution in [2.45, 2.75) is 25.3 Å². The molecule has 2 N–H and O–H groups in total. The van der Waals surface area contributed by atoms with E-state index >= 15 is 0 Å². The Kier molecular flexibility index (Phi) is 5.61. The van der Waals surface area contributed by atoms with E-state index in [1.54, 1.807) is 36.4 Å². The molecule has 0 aliphatic carbocycles. The molecule has 0 spiro atoms. The lowest BCUT2D eigenvalue weighted by atomic mass is 10.0. The van der Waals surface area contributed by atoms with Gasteiger partial charge in [-0.05, 0) is 30.7 Å². The van der Waals surface area contributed by atoms with Gasteiger partial charge in [0.1, 0.15) is 0 Å². The average molecular weight is 386 g/mol. The van der Waals surface area contributed by atoms with Crippen LogP contribution in [0.4, 0.5) is 5.69 Å². The Morgan fingerprint density at radius 2 is 1.85 bits per heavy atom. The second kappa shape index (κ2) is 8.09. The fraction of sp³-hybridized carbons (Fsp3) is 0.211. The van der Waals surface area contributed by atoms with Crippen molar-refractivity contribution in [3.05, 3.63) is 63.8 Å². The smallest absolute Gasteiger partial charge is 0.303 e. The molecule has 2 amide bonds. The van der Waals surface area contributed by atoms with Gasteiger partial charge >= 0.3 is 5.97 Å². The molecule has 1 aliphatic rings. The number of para-hydroxylation sites is 2. The Morgan fingerprint density at radius 1 is 1.11 bits per heavy atom. The maximum atomic E-state index is 12.5. The number of carboxylic acid groups (broad SMARTS) is 1. The molecule has 1 aliphatic heterocycles. The van der Waals surface area contributed by atoms with Crippen LogP contribution in [-0.4, -0.2) is 22.9 Å². The summed E-state index contributed by atoms with van der Waals surface area (Å²) in [7, 11) is 0. The van der Waals surface area contributed by atoms with Gasteiger partial charge in [0.05, 0.1) is 10.7 Å². The lowest BCUT2D eigenvalue weighted by Gasteiger charge is -2.17. The Balaban J connectivity index is 1.88. The maximum absolute atomic E-state index is 12.5. The van der Waals surface area contributed by atoms with Crippen molar-refractivity contribution in [3.8, 4) is 0 Å². The molecule has 1 unspecified atom stereocenters. The molecule has 0 bridgehead atoms. The van der Waals surface area contributed by atoms with Crippen LogP contribution in [0.3, 0.4) is 0 Å². The number of rotatable bonds is 6. The van der Waals surface area contributed by atoms with E-state index in [4.69, 9.17) is 16.7 Å². The second-order valence-corrected chi connectivity index (χ2v) is 6.43. The molecule has 1 heterocycles. The highest BCUT2D eigenvalue weighted by Gasteiger charge is 2.25. The first-order valence-corrected chi connectivity index (χ1v) is 8.68. The predicted octanol–water partition coefficient (Wildman–Crippen LogP) is 2.05. The zero-order valence-corrected chi connectivity index (χ0v) is 14.9. The van der Waals surface area contributed by atoms with E-state index in [0.717, 1.165) is 0 Å². The first kappa shape index (κ1) is 18.7. The summed E-state index contributed by atoms with van der Waals surface area (Å²) >= 11 is 6.03. The number of amides is 2. The first-order valence-electron chi connectivity index (χ1n) is 8.30. The minimum absolute atomic E-state index is 0.0429. The third-order valence-corrected chi connectivity index (χ3v) is 4.23. The van der Waals surface area contributed by atoms with Crippen LogP contribution in [0.2, 0.25) is 5.02 Å². The van der Waals surface area contributed by atoms with Gasteiger partial charge < -0.3 is 10.4 Å². The van der Waals surface area contributed by atoms with Crippen LogP contribution in [0.1, 0.15) is 30.9 Å². The molecule has 27 heavy (non-hydrogen) atoms. The van der Waals surface area contributed by atoms with E-state index in [2.05, 4.69) is 15.3 Å². The third kappa shape index (κ3) is 4.57. The van der Waals surface area contributed by atoms with Crippen LogP contribution in [-0.2, 0) is 14.4 Å². The Labute approximate surface area is 159 Å². The number of carboxylic acids is 1. The number of carbonyl (C=O) groups excluding carboxylic acids is 2. The molecule has 0 radical (unpaired) electrons. The van der Waals surface area contributed by atoms with Gasteiger partial charge in [-0.3, -0.25) is 19.4 Å². The summed E-state index contributed by atoms with van der Waals surface area (Å²) in [5.74, 6) is -1.75. The normalized spacial score (nSPS) is 15.3. The number of fused-ring (bicyclic) bond motifs is 1. The van der Waals surface area contributed by atoms with Crippen molar-refractivity contribution in [3.63, 3.8) is 0 Å². The molecule has 1 atom stereocenters. The lowest BCUT2D eigenvalue weighted by Crippen LogP contribution is -2.33. The van der Waals surface area contributed by atoms with Gasteiger partial charge in [0.2, 0.25) is 5.91 Å². The van der Waals surface area contributed by atoms with E-state index in [-0.39, 0.29) is 25.2 Å². The SMILES string of the molecule is O=C(O)CCCC(=O)Nc1cc(Cl)ccc1C1N=c2ccccc2=NC1=O. The van der Waals surface area contributed by atoms with Gasteiger partial charge in [0, 0.05) is 29.1 Å². The highest BCUT2D eigenvalue weighted by Crippen LogP contribution is 2.30. The summed E-state index contributed by atoms with van der Waals surface area (Å²) in [5.41, 5.74) is 0.841. The topological polar surface area (TPSA) is 108 Å². The van der Waals surface area contributed by atoms with Crippen molar-refractivity contribution in [2.75, 3.05) is 5.32 Å². The second-order valence-electron chi connectivity index (χ2n) is 6.00. The van der Waals surface area contributed by atoms with Gasteiger partial charge in [-0.25, -0.2) is 4.99 Å². The largest absolute Gasteiger partial charge is 0.481 e. The van der Waals surface area contributed by atoms with Crippen LogP contribution in [0, 0.1) is 0 Å². The van der Waals surface area contributed by atoms with Gasteiger partial charge in [-0.15, -0.1) is 0 Å². The van der Waals surface area contributed by atoms with Gasteiger partial charge in [0.15, 0.2) is 6.04 Å². The van der Waals surface area contributed by atoms with E-state index in [0.29, 0.717) is 27.0 Å². The fourth-order valence-corrected chi connectivity index (χ4v) is 2.90. The summed E-state index contributed by atoms with van der Waals surface area (Å²) in [5, 5.41) is 12.9. The van der Waals surface area contributed by atoms with Crippen molar-refractivity contribution >= 4 is 35.1 Å². The summed E-state index contributed by atoms with van der Waals surface area (Å²) in [6, 6.07) is 10.9. The summed E-state index contributed by atoms with van der Waals surface area (Å²) < 4.78 is 0. The number of benzene rings is 2. The number of carbonyl (C=O) groups is 3. The van der Waals surface area contributed by atoms with Gasteiger partial charge in [0.25, 0.3) is 5.91 Å². The van der Waals surface area contributed by atoms with Gasteiger partial charge in [-0.1, -0.05) is 29.8 Å². The highest BCUT2D eigenvalue weighted by atomic mass is 35.5. The van der Waals surface area contributed by atoms with Crippen LogP contribution in [0.25, 0.3) is 0 Å². The Morgan fingerprint density at radius 3 is 2.59 bits per heavy atom. The van der Waals surface area contributed by atoms with Crippen molar-refractivity contribution in [1.82, 2.24) is 0 Å². The number of aliphatic carboxylic acids is 1. The van der Waals surface area contributed by atoms with Crippen molar-refractivity contribution < 1.29 is 19.5 Å². The minimum Gasteiger partial charge on any atom is -0.481 e. The van der Waals surface area contributed by atoms with Crippen LogP contribution in [0.15, 0.2) is 52.4 Å². The minimum atomic E-state index is -0.960. The van der Waals surface area contributed by atoms with Crippen molar-refractivity contribution in [2.24, 2.45) is 9.98 Å². The molecule has 0 fully saturated rings. The molecule has 7 nitrogen and oxygen atoms in total. The first-order chi connectivity index (χ1) is 12.9. The summed E-state index contributed by atoms with van der Waals surface area (Å²) in [6.45, 7) is 0. The standard InChI is InChI=1S/C19H16ClN3O4/c20-11-8-9-12(15(10-11)21-16(24)6-3-7-17(25)26)18-19(27)23-14-5-2-1-4-13(14)22-18/h1-2,4-5,8-10,18H,3,6-7H2,(H,21,24)(H,25,26). The number of nitrogens with zero attached hydrogens (tertiary/aromatic N) is 2. The van der Waals surface area contributed by atoms with Crippen LogP contribution >= 0.6 is 11.6 Å². The van der Waals surface area contributed by atoms with Gasteiger partial charge in [-0.2, -0.15) is 0 Å². The highest BCUT2D eigenvalue weighted by molar-refractivity contribution is 6.31. The number of anilines is 1. The zero-order chi connectivity index (χ0) is 19.4. The number of nitrogens with one attached hydrogen (secondary N) is 1. The molecule has 2 aromatic rings.